The zero-order valence-corrected chi connectivity index (χ0v) is 66.0. The van der Waals surface area contributed by atoms with Crippen LogP contribution < -0.4 is 22.1 Å². The summed E-state index contributed by atoms with van der Waals surface area (Å²) in [6, 6.07) is -1.25. The van der Waals surface area contributed by atoms with Crippen LogP contribution in [-0.4, -0.2) is 204 Å². The third-order valence-electron chi connectivity index (χ3n) is 16.9. The Bertz CT molecular complexity index is 1510. The van der Waals surface area contributed by atoms with E-state index in [2.05, 4.69) is 38.3 Å². The summed E-state index contributed by atoms with van der Waals surface area (Å²) in [5.74, 6) is 2.09. The van der Waals surface area contributed by atoms with E-state index in [1.165, 1.54) is 231 Å². The number of rotatable bonds is 86. The van der Waals surface area contributed by atoms with Gasteiger partial charge in [-0.1, -0.05) is 259 Å². The van der Waals surface area contributed by atoms with Gasteiger partial charge in [0.15, 0.2) is 0 Å². The van der Waals surface area contributed by atoms with Crippen molar-refractivity contribution in [2.75, 3.05) is 168 Å². The Morgan fingerprint density at radius 3 is 0.806 bits per heavy atom. The van der Waals surface area contributed by atoms with Gasteiger partial charge in [-0.2, -0.15) is 23.5 Å². The lowest BCUT2D eigenvalue weighted by molar-refractivity contribution is -0.122. The largest absolute Gasteiger partial charge is 0.697 e. The molecule has 0 saturated heterocycles. The van der Waals surface area contributed by atoms with Crippen molar-refractivity contribution in [3.8, 4) is 0 Å². The third-order valence-corrected chi connectivity index (χ3v) is 20.1. The molecule has 0 heterocycles. The lowest BCUT2D eigenvalue weighted by Crippen LogP contribution is -2.43. The summed E-state index contributed by atoms with van der Waals surface area (Å²) in [4.78, 5) is 25.4. The molecule has 98 heavy (non-hydrogen) atoms. The Morgan fingerprint density at radius 1 is 0.296 bits per heavy atom. The van der Waals surface area contributed by atoms with Crippen molar-refractivity contribution >= 4 is 43.6 Å². The second-order valence-corrected chi connectivity index (χ2v) is 29.4. The maximum absolute atomic E-state index is 12.7. The summed E-state index contributed by atoms with van der Waals surface area (Å²) < 4.78 is 80.7. The molecule has 0 aliphatic rings. The van der Waals surface area contributed by atoms with Gasteiger partial charge < -0.3 is 69.5 Å². The number of amides is 2. The highest BCUT2D eigenvalue weighted by atomic mass is 32.2. The van der Waals surface area contributed by atoms with Crippen LogP contribution in [-0.2, 0) is 70.6 Å². The molecule has 4 atom stereocenters. The Labute approximate surface area is 610 Å². The first-order chi connectivity index (χ1) is 48.3. The van der Waals surface area contributed by atoms with E-state index >= 15 is 0 Å². The van der Waals surface area contributed by atoms with Gasteiger partial charge in [0.05, 0.1) is 117 Å². The highest BCUT2D eigenvalue weighted by molar-refractivity contribution is 7.99. The van der Waals surface area contributed by atoms with Crippen LogP contribution in [0.5, 0.6) is 0 Å². The fourth-order valence-corrected chi connectivity index (χ4v) is 13.3. The molecule has 0 aliphatic heterocycles. The third kappa shape index (κ3) is 76.3. The zero-order valence-electron chi connectivity index (χ0n) is 63.5. The van der Waals surface area contributed by atoms with Gasteiger partial charge in [-0.25, -0.2) is 0 Å². The lowest BCUT2D eigenvalue weighted by atomic mass is 10.1. The summed E-state index contributed by atoms with van der Waals surface area (Å²) in [5, 5.41) is 5.76. The number of carbonyl (C=O) groups excluding carboxylic acids is 2. The van der Waals surface area contributed by atoms with Gasteiger partial charge in [0, 0.05) is 67.1 Å². The number of ether oxygens (including phenoxy) is 10. The van der Waals surface area contributed by atoms with E-state index in [4.69, 9.17) is 67.9 Å². The molecule has 22 heteroatoms. The Morgan fingerprint density at radius 2 is 0.531 bits per heavy atom. The second kappa shape index (κ2) is 83.5. The number of carbonyl (C=O) groups is 2. The van der Waals surface area contributed by atoms with Crippen LogP contribution in [0.1, 0.15) is 285 Å². The monoisotopic (exact) mass is 1460 g/mol. The minimum absolute atomic E-state index is 0.0174. The number of hydrogen-bond donors (Lipinski definition) is 4. The van der Waals surface area contributed by atoms with Gasteiger partial charge in [-0.15, -0.1) is 9.05 Å². The van der Waals surface area contributed by atoms with Gasteiger partial charge in [0.1, 0.15) is 13.2 Å². The number of hydrogen-bond acceptors (Lipinski definition) is 19. The summed E-state index contributed by atoms with van der Waals surface area (Å²) >= 11 is 3.29. The molecule has 0 rings (SSSR count). The molecule has 0 radical (unpaired) electrons. The van der Waals surface area contributed by atoms with E-state index in [9.17, 15) is 14.2 Å². The van der Waals surface area contributed by atoms with E-state index in [0.29, 0.717) is 104 Å². The van der Waals surface area contributed by atoms with Crippen LogP contribution in [0.15, 0.2) is 0 Å². The normalized spacial score (nSPS) is 13.0. The summed E-state index contributed by atoms with van der Waals surface area (Å²) in [5.41, 5.74) is 12.5. The standard InChI is InChI=1S/C76H153N4O15PS2/c1-5-9-13-17-21-25-29-33-37-41-47-90-65-71(92-49-43-39-35-31-27-23-19-15-11-7-3)67-97-69-73(77)75(81)79-45-51-84-53-55-86-57-59-88-61-63-94-96(83)95-64-62-89-60-58-87-56-54-85-52-46-80-76(82)74(78)70-98-68-72(93-50-44-40-36-32-28-24-20-16-12-8-4)66-91-48-42-38-34-30-26-22-18-14-10-6-2/h71-74H,5-70,77-78H2,1-4H3,(H-,79,80,81,82)/p+1/t71-,72-,73+,74+/m1/s1. The van der Waals surface area contributed by atoms with E-state index in [0.717, 1.165) is 63.6 Å². The predicted molar refractivity (Wildman–Crippen MR) is 410 cm³/mol. The highest BCUT2D eigenvalue weighted by Crippen LogP contribution is 2.23. The van der Waals surface area contributed by atoms with Gasteiger partial charge in [-0.3, -0.25) is 9.59 Å². The van der Waals surface area contributed by atoms with Gasteiger partial charge in [0.2, 0.25) is 11.8 Å². The van der Waals surface area contributed by atoms with Crippen molar-refractivity contribution in [1.82, 2.24) is 10.6 Å². The molecule has 0 saturated carbocycles. The van der Waals surface area contributed by atoms with Crippen molar-refractivity contribution in [1.29, 1.82) is 0 Å². The average Bonchev–Trinajstić information content (AvgIpc) is 2.31. The van der Waals surface area contributed by atoms with E-state index in [1.807, 2.05) is 0 Å². The molecule has 0 aromatic rings. The Kier molecular flexibility index (Phi) is 82.8. The maximum atomic E-state index is 12.7. The van der Waals surface area contributed by atoms with Crippen molar-refractivity contribution < 1.29 is 70.6 Å². The fraction of sp³-hybridized carbons (Fsp3) is 0.974. The van der Waals surface area contributed by atoms with Crippen molar-refractivity contribution in [2.45, 2.75) is 309 Å². The number of thioether (sulfide) groups is 2. The summed E-state index contributed by atoms with van der Waals surface area (Å²) in [6.07, 6.45) is 51.9. The van der Waals surface area contributed by atoms with Crippen LogP contribution in [0.2, 0.25) is 0 Å². The maximum Gasteiger partial charge on any atom is 0.697 e. The van der Waals surface area contributed by atoms with Crippen molar-refractivity contribution in [3.63, 3.8) is 0 Å². The fourth-order valence-electron chi connectivity index (χ4n) is 10.8. The highest BCUT2D eigenvalue weighted by Gasteiger charge is 2.21. The molecular formula is C76H154N4O15PS2+. The Balaban J connectivity index is 3.99. The van der Waals surface area contributed by atoms with Crippen LogP contribution >= 0.6 is 31.8 Å². The van der Waals surface area contributed by atoms with E-state index < -0.39 is 20.3 Å². The number of unbranched alkanes of at least 4 members (excludes halogenated alkanes) is 36. The smallest absolute Gasteiger partial charge is 0.379 e. The minimum atomic E-state index is -2.30. The molecule has 6 N–H and O–H groups in total. The zero-order chi connectivity index (χ0) is 71.0. The molecule has 584 valence electrons. The Hall–Kier alpha value is -0.820. The SMILES string of the molecule is CCCCCCCCCCCCOC[C@H](CSC[C@H](N)C(=O)NCCOCCOCCOCCO[P+](=O)OCCOCCOCCOCCNC(=O)[C@@H](N)CSC[C@@H](COCCCCCCCCCCCC)OCCCCCCCCCCCC)OCCCCCCCCCCCC. The lowest BCUT2D eigenvalue weighted by Gasteiger charge is -2.19. The van der Waals surface area contributed by atoms with E-state index in [1.54, 1.807) is 23.5 Å². The van der Waals surface area contributed by atoms with Crippen molar-refractivity contribution in [2.24, 2.45) is 11.5 Å². The second-order valence-electron chi connectivity index (χ2n) is 26.3. The summed E-state index contributed by atoms with van der Waals surface area (Å²) in [7, 11) is -2.30. The average molecular weight is 1460 g/mol. The van der Waals surface area contributed by atoms with Crippen molar-refractivity contribution in [3.05, 3.63) is 0 Å². The molecule has 0 bridgehead atoms. The topological polar surface area (TPSA) is 238 Å². The van der Waals surface area contributed by atoms with E-state index in [-0.39, 0.29) is 50.4 Å². The van der Waals surface area contributed by atoms with Gasteiger partial charge in [0.25, 0.3) is 0 Å². The summed E-state index contributed by atoms with van der Waals surface area (Å²) in [6.45, 7) is 18.2. The molecule has 0 aliphatic carbocycles. The molecule has 0 spiro atoms. The molecule has 0 unspecified atom stereocenters. The first-order valence-corrected chi connectivity index (χ1v) is 43.5. The number of nitrogens with two attached hydrogens (primary N) is 2. The van der Waals surface area contributed by atoms with Crippen LogP contribution in [0, 0.1) is 0 Å². The first kappa shape index (κ1) is 97.2. The predicted octanol–water partition coefficient (Wildman–Crippen LogP) is 16.6. The molecule has 19 nitrogen and oxygen atoms in total. The van der Waals surface area contributed by atoms with Crippen LogP contribution in [0.3, 0.4) is 0 Å². The van der Waals surface area contributed by atoms with Crippen LogP contribution in [0.4, 0.5) is 0 Å². The first-order valence-electron chi connectivity index (χ1n) is 40.1. The molecule has 0 aromatic heterocycles. The van der Waals surface area contributed by atoms with Crippen LogP contribution in [0.25, 0.3) is 0 Å². The molecule has 2 amide bonds. The quantitative estimate of drug-likeness (QED) is 0.0327. The van der Waals surface area contributed by atoms with Gasteiger partial charge >= 0.3 is 8.25 Å². The molecule has 0 fully saturated rings. The van der Waals surface area contributed by atoms with Gasteiger partial charge in [-0.05, 0) is 25.7 Å². The molecule has 0 aromatic carbocycles. The number of nitrogens with one attached hydrogen (secondary N) is 2. The minimum Gasteiger partial charge on any atom is -0.379 e. The molecular weight excluding hydrogens is 1300 g/mol.